The third-order valence-electron chi connectivity index (χ3n) is 5.09. The number of alkyl halides is 3. The van der Waals surface area contributed by atoms with Crippen LogP contribution >= 0.6 is 0 Å². The summed E-state index contributed by atoms with van der Waals surface area (Å²) in [6.07, 6.45) is 5.00. The van der Waals surface area contributed by atoms with E-state index in [1.54, 1.807) is 0 Å². The van der Waals surface area contributed by atoms with Crippen molar-refractivity contribution in [2.75, 3.05) is 26.2 Å². The summed E-state index contributed by atoms with van der Waals surface area (Å²) in [6, 6.07) is -0.177. The van der Waals surface area contributed by atoms with Gasteiger partial charge in [0.15, 0.2) is 5.96 Å². The van der Waals surface area contributed by atoms with Gasteiger partial charge < -0.3 is 15.7 Å². The molecule has 158 valence electrons. The molecule has 0 radical (unpaired) electrons. The van der Waals surface area contributed by atoms with Crippen LogP contribution in [0.1, 0.15) is 51.9 Å². The number of aliphatic imine (C=N–C) groups is 1. The molecule has 0 amide bonds. The molecule has 0 atom stereocenters. The van der Waals surface area contributed by atoms with E-state index in [9.17, 15) is 26.7 Å². The summed E-state index contributed by atoms with van der Waals surface area (Å²) in [7, 11) is -5.27. The summed E-state index contributed by atoms with van der Waals surface area (Å²) in [4.78, 5) is 4.44. The Morgan fingerprint density at radius 2 is 1.81 bits per heavy atom. The van der Waals surface area contributed by atoms with Crippen LogP contribution in [-0.2, 0) is 10.0 Å². The number of halogens is 3. The fraction of sp³-hybridized carbons (Fsp3) is 0.938. The summed E-state index contributed by atoms with van der Waals surface area (Å²) in [6.45, 7) is 2.38. The number of piperidine rings is 1. The normalized spacial score (nSPS) is 23.2. The first-order chi connectivity index (χ1) is 12.6. The zero-order valence-electron chi connectivity index (χ0n) is 15.6. The molecule has 0 bridgehead atoms. The summed E-state index contributed by atoms with van der Waals surface area (Å²) < 4.78 is 61.3. The van der Waals surface area contributed by atoms with Gasteiger partial charge >= 0.3 is 15.5 Å². The quantitative estimate of drug-likeness (QED) is 0.469. The highest BCUT2D eigenvalue weighted by molar-refractivity contribution is 7.90. The smallest absolute Gasteiger partial charge is 0.388 e. The Morgan fingerprint density at radius 1 is 1.22 bits per heavy atom. The van der Waals surface area contributed by atoms with Crippen molar-refractivity contribution in [2.24, 2.45) is 4.99 Å². The van der Waals surface area contributed by atoms with Crippen LogP contribution in [0.25, 0.3) is 0 Å². The van der Waals surface area contributed by atoms with Crippen molar-refractivity contribution in [2.45, 2.75) is 69.0 Å². The van der Waals surface area contributed by atoms with Crippen molar-refractivity contribution in [3.05, 3.63) is 0 Å². The molecule has 2 fully saturated rings. The van der Waals surface area contributed by atoms with Gasteiger partial charge in [0.05, 0.1) is 12.1 Å². The van der Waals surface area contributed by atoms with Crippen molar-refractivity contribution < 1.29 is 26.7 Å². The van der Waals surface area contributed by atoms with Crippen molar-refractivity contribution >= 4 is 16.0 Å². The van der Waals surface area contributed by atoms with Crippen molar-refractivity contribution in [1.29, 1.82) is 0 Å². The number of hydrogen-bond donors (Lipinski definition) is 3. The van der Waals surface area contributed by atoms with Gasteiger partial charge in [-0.1, -0.05) is 19.3 Å². The Bertz CT molecular complexity index is 611. The Hall–Kier alpha value is -1.07. The van der Waals surface area contributed by atoms with Crippen molar-refractivity contribution in [1.82, 2.24) is 14.9 Å². The monoisotopic (exact) mass is 414 g/mol. The number of nitrogens with zero attached hydrogens (tertiary/aromatic N) is 2. The van der Waals surface area contributed by atoms with E-state index in [4.69, 9.17) is 0 Å². The molecular weight excluding hydrogens is 385 g/mol. The number of aliphatic hydroxyl groups is 1. The van der Waals surface area contributed by atoms with E-state index in [1.807, 2.05) is 6.92 Å². The second kappa shape index (κ2) is 8.95. The van der Waals surface area contributed by atoms with Crippen LogP contribution in [0.5, 0.6) is 0 Å². The minimum absolute atomic E-state index is 0.177. The molecule has 0 aromatic carbocycles. The van der Waals surface area contributed by atoms with Crippen molar-refractivity contribution in [3.8, 4) is 0 Å². The Balaban J connectivity index is 1.91. The molecule has 11 heteroatoms. The Morgan fingerprint density at radius 3 is 2.33 bits per heavy atom. The average molecular weight is 414 g/mol. The minimum atomic E-state index is -5.27. The molecule has 1 saturated heterocycles. The largest absolute Gasteiger partial charge is 0.511 e. The molecule has 0 spiro atoms. The van der Waals surface area contributed by atoms with Crippen LogP contribution in [0.15, 0.2) is 4.99 Å². The highest BCUT2D eigenvalue weighted by Gasteiger charge is 2.50. The first kappa shape index (κ1) is 22.2. The first-order valence-electron chi connectivity index (χ1n) is 9.41. The lowest BCUT2D eigenvalue weighted by Crippen LogP contribution is -2.52. The molecule has 1 aliphatic carbocycles. The number of guanidine groups is 1. The van der Waals surface area contributed by atoms with E-state index in [2.05, 4.69) is 15.6 Å². The Kier molecular flexibility index (Phi) is 7.37. The van der Waals surface area contributed by atoms with Gasteiger partial charge in [0.1, 0.15) is 0 Å². The van der Waals surface area contributed by atoms with Crippen molar-refractivity contribution in [3.63, 3.8) is 0 Å². The second-order valence-corrected chi connectivity index (χ2v) is 9.18. The van der Waals surface area contributed by atoms with Gasteiger partial charge in [0.2, 0.25) is 0 Å². The van der Waals surface area contributed by atoms with Crippen LogP contribution in [0.2, 0.25) is 0 Å². The molecule has 1 aliphatic heterocycles. The van der Waals surface area contributed by atoms with Gasteiger partial charge in [0, 0.05) is 25.7 Å². The molecule has 3 N–H and O–H groups in total. The molecule has 27 heavy (non-hydrogen) atoms. The van der Waals surface area contributed by atoms with Gasteiger partial charge in [0.25, 0.3) is 0 Å². The second-order valence-electron chi connectivity index (χ2n) is 7.25. The van der Waals surface area contributed by atoms with Crippen LogP contribution in [0.3, 0.4) is 0 Å². The lowest BCUT2D eigenvalue weighted by molar-refractivity contribution is -0.0494. The minimum Gasteiger partial charge on any atom is -0.388 e. The van der Waals surface area contributed by atoms with E-state index < -0.39 is 21.1 Å². The van der Waals surface area contributed by atoms with E-state index in [0.717, 1.165) is 19.3 Å². The van der Waals surface area contributed by atoms with Crippen LogP contribution in [0, 0.1) is 0 Å². The van der Waals surface area contributed by atoms with Crippen LogP contribution < -0.4 is 10.6 Å². The fourth-order valence-corrected chi connectivity index (χ4v) is 4.48. The summed E-state index contributed by atoms with van der Waals surface area (Å²) in [5.74, 6) is 0.494. The third kappa shape index (κ3) is 5.95. The predicted octanol–water partition coefficient (Wildman–Crippen LogP) is 1.55. The van der Waals surface area contributed by atoms with E-state index >= 15 is 0 Å². The number of sulfonamides is 1. The molecule has 1 heterocycles. The maximum absolute atomic E-state index is 12.6. The van der Waals surface area contributed by atoms with Gasteiger partial charge in [-0.3, -0.25) is 4.99 Å². The first-order valence-corrected chi connectivity index (χ1v) is 10.8. The highest BCUT2D eigenvalue weighted by atomic mass is 32.2. The average Bonchev–Trinajstić information content (AvgIpc) is 2.60. The summed E-state index contributed by atoms with van der Waals surface area (Å²) in [5, 5.41) is 16.8. The molecule has 0 aromatic rings. The zero-order valence-corrected chi connectivity index (χ0v) is 16.4. The SMILES string of the molecule is CCNC(=NCC1(O)CCCCC1)NC1CCN(S(=O)(=O)C(F)(F)F)CC1. The summed E-state index contributed by atoms with van der Waals surface area (Å²) in [5.41, 5.74) is -6.07. The molecule has 2 aliphatic rings. The van der Waals surface area contributed by atoms with E-state index in [-0.39, 0.29) is 38.5 Å². The summed E-state index contributed by atoms with van der Waals surface area (Å²) >= 11 is 0. The van der Waals surface area contributed by atoms with Gasteiger partial charge in [-0.15, -0.1) is 0 Å². The Labute approximate surface area is 158 Å². The molecule has 1 saturated carbocycles. The van der Waals surface area contributed by atoms with Crippen LogP contribution in [0.4, 0.5) is 13.2 Å². The topological polar surface area (TPSA) is 94.0 Å². The molecule has 0 unspecified atom stereocenters. The molecule has 2 rings (SSSR count). The molecule has 7 nitrogen and oxygen atoms in total. The predicted molar refractivity (Wildman–Crippen MR) is 96.7 cm³/mol. The number of nitrogens with one attached hydrogen (secondary N) is 2. The maximum atomic E-state index is 12.6. The van der Waals surface area contributed by atoms with E-state index in [1.165, 1.54) is 0 Å². The number of rotatable bonds is 5. The third-order valence-corrected chi connectivity index (χ3v) is 6.72. The standard InChI is InChI=1S/C16H29F3N4O3S/c1-2-20-14(21-12-15(24)8-4-3-5-9-15)22-13-6-10-23(11-7-13)27(25,26)16(17,18)19/h13,24H,2-12H2,1H3,(H2,20,21,22). The lowest BCUT2D eigenvalue weighted by atomic mass is 9.85. The molecule has 0 aromatic heterocycles. The van der Waals surface area contributed by atoms with Crippen LogP contribution in [-0.4, -0.2) is 67.1 Å². The lowest BCUT2D eigenvalue weighted by Gasteiger charge is -2.33. The highest BCUT2D eigenvalue weighted by Crippen LogP contribution is 2.29. The number of hydrogen-bond acceptors (Lipinski definition) is 4. The zero-order chi connectivity index (χ0) is 20.1. The van der Waals surface area contributed by atoms with Gasteiger partial charge in [-0.25, -0.2) is 8.42 Å². The fourth-order valence-electron chi connectivity index (χ4n) is 3.49. The van der Waals surface area contributed by atoms with E-state index in [0.29, 0.717) is 29.7 Å². The van der Waals surface area contributed by atoms with Gasteiger partial charge in [-0.05, 0) is 32.6 Å². The van der Waals surface area contributed by atoms with Gasteiger partial charge in [-0.2, -0.15) is 17.5 Å². The molecular formula is C16H29F3N4O3S. The maximum Gasteiger partial charge on any atom is 0.511 e.